The molecule has 1 N–H and O–H groups in total. The van der Waals surface area contributed by atoms with E-state index in [0.717, 1.165) is 4.90 Å². The van der Waals surface area contributed by atoms with Gasteiger partial charge in [0.05, 0.1) is 0 Å². The molecule has 0 rings (SSSR count). The Labute approximate surface area is 95.2 Å². The second-order valence-corrected chi connectivity index (χ2v) is 6.15. The van der Waals surface area contributed by atoms with E-state index in [2.05, 4.69) is 0 Å². The van der Waals surface area contributed by atoms with Crippen LogP contribution in [-0.4, -0.2) is 54.9 Å². The van der Waals surface area contributed by atoms with Crippen LogP contribution < -0.4 is 0 Å². The van der Waals surface area contributed by atoms with E-state index in [9.17, 15) is 18.0 Å². The van der Waals surface area contributed by atoms with Gasteiger partial charge in [-0.2, -0.15) is 0 Å². The lowest BCUT2D eigenvalue weighted by Crippen LogP contribution is -2.44. The molecular weight excluding hydrogens is 234 g/mol. The molecule has 2 unspecified atom stereocenters. The number of aliphatic carboxylic acids is 1. The summed E-state index contributed by atoms with van der Waals surface area (Å²) in [5.41, 5.74) is 0. The first-order valence-corrected chi connectivity index (χ1v) is 6.43. The fourth-order valence-electron chi connectivity index (χ4n) is 1.30. The van der Waals surface area contributed by atoms with Crippen LogP contribution in [0.15, 0.2) is 0 Å². The van der Waals surface area contributed by atoms with Crippen molar-refractivity contribution >= 4 is 21.7 Å². The highest BCUT2D eigenvalue weighted by Gasteiger charge is 2.39. The molecule has 94 valence electrons. The van der Waals surface area contributed by atoms with Gasteiger partial charge >= 0.3 is 5.97 Å². The molecular formula is C9H17NO5S. The summed E-state index contributed by atoms with van der Waals surface area (Å²) in [7, 11) is -1.13. The maximum absolute atomic E-state index is 11.8. The molecule has 0 spiro atoms. The number of sulfone groups is 1. The third-order valence-corrected chi connectivity index (χ3v) is 4.84. The molecule has 0 aromatic rings. The van der Waals surface area contributed by atoms with Crippen molar-refractivity contribution < 1.29 is 23.1 Å². The van der Waals surface area contributed by atoms with Gasteiger partial charge < -0.3 is 10.0 Å². The number of hydrogen-bond donors (Lipinski definition) is 1. The second-order valence-electron chi connectivity index (χ2n) is 3.70. The highest BCUT2D eigenvalue weighted by Crippen LogP contribution is 2.14. The molecule has 0 aromatic heterocycles. The molecule has 2 atom stereocenters. The van der Waals surface area contributed by atoms with Crippen molar-refractivity contribution in [2.45, 2.75) is 30.8 Å². The predicted molar refractivity (Wildman–Crippen MR) is 58.8 cm³/mol. The van der Waals surface area contributed by atoms with Gasteiger partial charge in [0.2, 0.25) is 5.91 Å². The Morgan fingerprint density at radius 3 is 2.00 bits per heavy atom. The number of amides is 1. The normalized spacial score (nSPS) is 15.2. The highest BCUT2D eigenvalue weighted by atomic mass is 32.2. The number of carboxylic acid groups (broad SMARTS) is 1. The third-order valence-electron chi connectivity index (χ3n) is 2.32. The molecule has 0 saturated carbocycles. The van der Waals surface area contributed by atoms with E-state index in [-0.39, 0.29) is 6.42 Å². The standard InChI is InChI=1S/C9H17NO5S/c1-5-7(9(12)13)16(14,15)6(2)8(11)10(3)4/h6-7H,5H2,1-4H3,(H,12,13). The van der Waals surface area contributed by atoms with E-state index in [1.807, 2.05) is 0 Å². The Hall–Kier alpha value is -1.11. The van der Waals surface area contributed by atoms with Crippen LogP contribution in [0.2, 0.25) is 0 Å². The average Bonchev–Trinajstić information content (AvgIpc) is 2.15. The minimum absolute atomic E-state index is 0.0529. The summed E-state index contributed by atoms with van der Waals surface area (Å²) in [5.74, 6) is -2.03. The number of carbonyl (C=O) groups excluding carboxylic acids is 1. The largest absolute Gasteiger partial charge is 0.480 e. The summed E-state index contributed by atoms with van der Waals surface area (Å²) in [6.07, 6.45) is -0.0529. The Kier molecular flexibility index (Phi) is 4.92. The van der Waals surface area contributed by atoms with Gasteiger partial charge in [0.25, 0.3) is 0 Å². The Morgan fingerprint density at radius 2 is 1.75 bits per heavy atom. The summed E-state index contributed by atoms with van der Waals surface area (Å²) in [5, 5.41) is 5.92. The van der Waals surface area contributed by atoms with Crippen LogP contribution in [0.4, 0.5) is 0 Å². The van der Waals surface area contributed by atoms with Gasteiger partial charge in [-0.3, -0.25) is 9.59 Å². The van der Waals surface area contributed by atoms with Crippen LogP contribution in [0, 0.1) is 0 Å². The molecule has 6 nitrogen and oxygen atoms in total. The zero-order valence-corrected chi connectivity index (χ0v) is 10.6. The molecule has 0 saturated heterocycles. The molecule has 0 aliphatic rings. The van der Waals surface area contributed by atoms with Crippen LogP contribution >= 0.6 is 0 Å². The highest BCUT2D eigenvalue weighted by molar-refractivity contribution is 7.94. The predicted octanol–water partition coefficient (Wildman–Crippen LogP) is -0.259. The number of carbonyl (C=O) groups is 2. The molecule has 0 bridgehead atoms. The van der Waals surface area contributed by atoms with E-state index >= 15 is 0 Å². The van der Waals surface area contributed by atoms with E-state index in [0.29, 0.717) is 0 Å². The average molecular weight is 251 g/mol. The van der Waals surface area contributed by atoms with Crippen molar-refractivity contribution in [3.05, 3.63) is 0 Å². The van der Waals surface area contributed by atoms with Gasteiger partial charge in [0, 0.05) is 14.1 Å². The molecule has 1 amide bonds. The van der Waals surface area contributed by atoms with Crippen molar-refractivity contribution in [2.75, 3.05) is 14.1 Å². The first kappa shape index (κ1) is 14.9. The van der Waals surface area contributed by atoms with Crippen molar-refractivity contribution in [2.24, 2.45) is 0 Å². The Bertz CT molecular complexity index is 373. The maximum Gasteiger partial charge on any atom is 0.321 e. The minimum Gasteiger partial charge on any atom is -0.480 e. The monoisotopic (exact) mass is 251 g/mol. The number of nitrogens with zero attached hydrogens (tertiary/aromatic N) is 1. The van der Waals surface area contributed by atoms with Crippen molar-refractivity contribution in [3.8, 4) is 0 Å². The van der Waals surface area contributed by atoms with Gasteiger partial charge in [0.15, 0.2) is 15.1 Å². The third kappa shape index (κ3) is 2.94. The summed E-state index contributed by atoms with van der Waals surface area (Å²) < 4.78 is 23.6. The second kappa shape index (κ2) is 5.29. The van der Waals surface area contributed by atoms with Crippen molar-refractivity contribution in [3.63, 3.8) is 0 Å². The summed E-state index contributed by atoms with van der Waals surface area (Å²) in [6, 6.07) is 0. The summed E-state index contributed by atoms with van der Waals surface area (Å²) in [6.45, 7) is 2.67. The maximum atomic E-state index is 11.8. The number of rotatable bonds is 5. The topological polar surface area (TPSA) is 91.7 Å². The van der Waals surface area contributed by atoms with Gasteiger partial charge in [-0.25, -0.2) is 8.42 Å². The number of carboxylic acids is 1. The van der Waals surface area contributed by atoms with Crippen LogP contribution in [0.3, 0.4) is 0 Å². The van der Waals surface area contributed by atoms with E-state index in [1.165, 1.54) is 27.9 Å². The molecule has 0 aromatic carbocycles. The quantitative estimate of drug-likeness (QED) is 0.727. The van der Waals surface area contributed by atoms with Crippen molar-refractivity contribution in [1.29, 1.82) is 0 Å². The van der Waals surface area contributed by atoms with E-state index in [4.69, 9.17) is 5.11 Å². The van der Waals surface area contributed by atoms with Gasteiger partial charge in [-0.15, -0.1) is 0 Å². The zero-order chi connectivity index (χ0) is 13.1. The van der Waals surface area contributed by atoms with Crippen molar-refractivity contribution in [1.82, 2.24) is 4.90 Å². The van der Waals surface area contributed by atoms with Crippen LogP contribution in [0.5, 0.6) is 0 Å². The molecule has 0 heterocycles. The van der Waals surface area contributed by atoms with Crippen LogP contribution in [0.25, 0.3) is 0 Å². The van der Waals surface area contributed by atoms with Crippen LogP contribution in [0.1, 0.15) is 20.3 Å². The zero-order valence-electron chi connectivity index (χ0n) is 9.80. The SMILES string of the molecule is CCC(C(=O)O)S(=O)(=O)C(C)C(=O)N(C)C. The lowest BCUT2D eigenvalue weighted by Gasteiger charge is -2.20. The Balaban J connectivity index is 5.20. The van der Waals surface area contributed by atoms with Gasteiger partial charge in [-0.05, 0) is 13.3 Å². The van der Waals surface area contributed by atoms with Crippen LogP contribution in [-0.2, 0) is 19.4 Å². The first-order valence-electron chi connectivity index (χ1n) is 4.82. The molecule has 0 fully saturated rings. The fraction of sp³-hybridized carbons (Fsp3) is 0.778. The summed E-state index contributed by atoms with van der Waals surface area (Å²) >= 11 is 0. The lowest BCUT2D eigenvalue weighted by atomic mass is 10.3. The van der Waals surface area contributed by atoms with Gasteiger partial charge in [0.1, 0.15) is 5.25 Å². The smallest absolute Gasteiger partial charge is 0.321 e. The van der Waals surface area contributed by atoms with E-state index < -0.39 is 32.2 Å². The molecule has 16 heavy (non-hydrogen) atoms. The number of hydrogen-bond acceptors (Lipinski definition) is 4. The molecule has 7 heteroatoms. The van der Waals surface area contributed by atoms with Gasteiger partial charge in [-0.1, -0.05) is 6.92 Å². The minimum atomic E-state index is -3.99. The molecule has 0 aliphatic carbocycles. The molecule has 0 radical (unpaired) electrons. The lowest BCUT2D eigenvalue weighted by molar-refractivity contribution is -0.136. The first-order chi connectivity index (χ1) is 7.16. The fourth-order valence-corrected chi connectivity index (χ4v) is 3.03. The van der Waals surface area contributed by atoms with E-state index in [1.54, 1.807) is 0 Å². The summed E-state index contributed by atoms with van der Waals surface area (Å²) in [4.78, 5) is 23.4. The Morgan fingerprint density at radius 1 is 1.31 bits per heavy atom. The molecule has 0 aliphatic heterocycles.